The number of unbranched alkanes of at least 4 members (excludes halogenated alkanes) is 2. The third-order valence-corrected chi connectivity index (χ3v) is 2.39. The van der Waals surface area contributed by atoms with Crippen molar-refractivity contribution in [1.29, 1.82) is 5.26 Å². The number of aryl methyl sites for hydroxylation is 1. The zero-order valence-corrected chi connectivity index (χ0v) is 9.98. The van der Waals surface area contributed by atoms with Gasteiger partial charge in [0.25, 0.3) is 5.69 Å². The fourth-order valence-electron chi connectivity index (χ4n) is 1.44. The van der Waals surface area contributed by atoms with Crippen molar-refractivity contribution in [2.45, 2.75) is 26.2 Å². The first kappa shape index (κ1) is 13.9. The van der Waals surface area contributed by atoms with E-state index in [2.05, 4.69) is 0 Å². The Bertz CT molecular complexity index is 483. The number of rotatable bonds is 6. The molecule has 96 valence electrons. The van der Waals surface area contributed by atoms with Crippen LogP contribution in [0.2, 0.25) is 0 Å². The zero-order valence-electron chi connectivity index (χ0n) is 9.98. The lowest BCUT2D eigenvalue weighted by Gasteiger charge is -2.07. The first-order valence-electron chi connectivity index (χ1n) is 5.50. The van der Waals surface area contributed by atoms with Gasteiger partial charge in [-0.2, -0.15) is 5.26 Å². The fourth-order valence-corrected chi connectivity index (χ4v) is 1.44. The zero-order chi connectivity index (χ0) is 13.5. The van der Waals surface area contributed by atoms with Crippen molar-refractivity contribution in [2.24, 2.45) is 0 Å². The average molecular weight is 252 g/mol. The summed E-state index contributed by atoms with van der Waals surface area (Å²) in [5.74, 6) is -0.734. The maximum Gasteiger partial charge on any atom is 0.275 e. The van der Waals surface area contributed by atoms with Crippen LogP contribution in [0.1, 0.15) is 24.8 Å². The van der Waals surface area contributed by atoms with Crippen molar-refractivity contribution in [2.75, 3.05) is 6.61 Å². The van der Waals surface area contributed by atoms with Crippen molar-refractivity contribution < 1.29 is 14.1 Å². The van der Waals surface area contributed by atoms with E-state index in [-0.39, 0.29) is 18.0 Å². The second kappa shape index (κ2) is 6.55. The first-order chi connectivity index (χ1) is 8.56. The number of nitriles is 1. The SMILES string of the molecule is Cc1cc(OCCCCC#N)c(F)cc1[N+](=O)[O-]. The highest BCUT2D eigenvalue weighted by atomic mass is 19.1. The molecule has 0 atom stereocenters. The molecule has 1 rings (SSSR count). The summed E-state index contributed by atoms with van der Waals surface area (Å²) in [6.07, 6.45) is 1.76. The lowest BCUT2D eigenvalue weighted by molar-refractivity contribution is -0.385. The third-order valence-electron chi connectivity index (χ3n) is 2.39. The summed E-state index contributed by atoms with van der Waals surface area (Å²) >= 11 is 0. The Morgan fingerprint density at radius 2 is 2.22 bits per heavy atom. The summed E-state index contributed by atoms with van der Waals surface area (Å²) in [5.41, 5.74) is 0.0951. The summed E-state index contributed by atoms with van der Waals surface area (Å²) in [6, 6.07) is 4.18. The smallest absolute Gasteiger partial charge is 0.275 e. The highest BCUT2D eigenvalue weighted by Crippen LogP contribution is 2.27. The minimum atomic E-state index is -0.743. The molecule has 1 aromatic rings. The number of benzene rings is 1. The molecule has 1 aromatic carbocycles. The van der Waals surface area contributed by atoms with E-state index in [0.29, 0.717) is 24.8 Å². The molecular formula is C12H13FN2O3. The molecule has 0 spiro atoms. The second-order valence-corrected chi connectivity index (χ2v) is 3.79. The molecule has 0 unspecified atom stereocenters. The van der Waals surface area contributed by atoms with E-state index in [1.807, 2.05) is 6.07 Å². The maximum absolute atomic E-state index is 13.5. The molecule has 18 heavy (non-hydrogen) atoms. The lowest BCUT2D eigenvalue weighted by atomic mass is 10.2. The second-order valence-electron chi connectivity index (χ2n) is 3.79. The summed E-state index contributed by atoms with van der Waals surface area (Å²) in [5, 5.41) is 18.9. The van der Waals surface area contributed by atoms with Crippen LogP contribution in [-0.4, -0.2) is 11.5 Å². The van der Waals surface area contributed by atoms with Gasteiger partial charge in [0, 0.05) is 12.0 Å². The Hall–Kier alpha value is -2.16. The number of halogens is 1. The third kappa shape index (κ3) is 3.70. The Morgan fingerprint density at radius 1 is 1.50 bits per heavy atom. The predicted octanol–water partition coefficient (Wildman–Crippen LogP) is 3.12. The monoisotopic (exact) mass is 252 g/mol. The predicted molar refractivity (Wildman–Crippen MR) is 62.8 cm³/mol. The maximum atomic E-state index is 13.5. The molecule has 5 nitrogen and oxygen atoms in total. The minimum Gasteiger partial charge on any atom is -0.491 e. The Morgan fingerprint density at radius 3 is 2.83 bits per heavy atom. The quantitative estimate of drug-likeness (QED) is 0.442. The van der Waals surface area contributed by atoms with Crippen LogP contribution in [0.3, 0.4) is 0 Å². The van der Waals surface area contributed by atoms with Gasteiger partial charge in [0.15, 0.2) is 11.6 Å². The molecule has 0 aliphatic heterocycles. The van der Waals surface area contributed by atoms with E-state index in [4.69, 9.17) is 10.00 Å². The molecule has 0 N–H and O–H groups in total. The van der Waals surface area contributed by atoms with Gasteiger partial charge in [0.2, 0.25) is 0 Å². The van der Waals surface area contributed by atoms with Crippen LogP contribution in [0.15, 0.2) is 12.1 Å². The van der Waals surface area contributed by atoms with Gasteiger partial charge in [-0.25, -0.2) is 4.39 Å². The molecule has 0 fully saturated rings. The van der Waals surface area contributed by atoms with Crippen LogP contribution in [-0.2, 0) is 0 Å². The molecule has 6 heteroatoms. The van der Waals surface area contributed by atoms with Crippen LogP contribution < -0.4 is 4.74 Å². The topological polar surface area (TPSA) is 76.2 Å². The molecule has 0 aliphatic rings. The highest BCUT2D eigenvalue weighted by Gasteiger charge is 2.16. The summed E-state index contributed by atoms with van der Waals surface area (Å²) in [4.78, 5) is 9.96. The van der Waals surface area contributed by atoms with Crippen LogP contribution in [0.4, 0.5) is 10.1 Å². The molecule has 0 heterocycles. The fraction of sp³-hybridized carbons (Fsp3) is 0.417. The highest BCUT2D eigenvalue weighted by molar-refractivity contribution is 5.45. The normalized spacial score (nSPS) is 9.83. The lowest BCUT2D eigenvalue weighted by Crippen LogP contribution is -2.01. The van der Waals surface area contributed by atoms with E-state index in [1.165, 1.54) is 13.0 Å². The minimum absolute atomic E-state index is 0.00931. The molecule has 0 aromatic heterocycles. The summed E-state index contributed by atoms with van der Waals surface area (Å²) in [7, 11) is 0. The molecule has 0 bridgehead atoms. The number of hydrogen-bond acceptors (Lipinski definition) is 4. The Balaban J connectivity index is 2.65. The number of nitro benzene ring substituents is 1. The van der Waals surface area contributed by atoms with Gasteiger partial charge in [0.05, 0.1) is 23.7 Å². The van der Waals surface area contributed by atoms with Crippen molar-refractivity contribution in [3.8, 4) is 11.8 Å². The Labute approximate surface area is 104 Å². The average Bonchev–Trinajstić information content (AvgIpc) is 2.32. The Kier molecular flexibility index (Phi) is 5.06. The van der Waals surface area contributed by atoms with Crippen molar-refractivity contribution >= 4 is 5.69 Å². The van der Waals surface area contributed by atoms with Gasteiger partial charge in [-0.3, -0.25) is 10.1 Å². The first-order valence-corrected chi connectivity index (χ1v) is 5.50. The number of hydrogen-bond donors (Lipinski definition) is 0. The number of nitrogens with zero attached hydrogens (tertiary/aromatic N) is 2. The van der Waals surface area contributed by atoms with Crippen LogP contribution >= 0.6 is 0 Å². The summed E-state index contributed by atoms with van der Waals surface area (Å²) in [6.45, 7) is 1.82. The molecule has 0 saturated carbocycles. The largest absolute Gasteiger partial charge is 0.491 e. The molecule has 0 aliphatic carbocycles. The standard InChI is InChI=1S/C12H13FN2O3/c1-9-7-12(18-6-4-2-3-5-14)10(13)8-11(9)15(16)17/h7-8H,2-4,6H2,1H3. The van der Waals surface area contributed by atoms with E-state index in [9.17, 15) is 14.5 Å². The van der Waals surface area contributed by atoms with Crippen molar-refractivity contribution in [3.05, 3.63) is 33.6 Å². The van der Waals surface area contributed by atoms with E-state index in [0.717, 1.165) is 6.07 Å². The van der Waals surface area contributed by atoms with Gasteiger partial charge < -0.3 is 4.74 Å². The van der Waals surface area contributed by atoms with Crippen LogP contribution in [0, 0.1) is 34.2 Å². The van der Waals surface area contributed by atoms with Gasteiger partial charge in [-0.1, -0.05) is 0 Å². The van der Waals surface area contributed by atoms with E-state index >= 15 is 0 Å². The molecule has 0 amide bonds. The van der Waals surface area contributed by atoms with Crippen LogP contribution in [0.5, 0.6) is 5.75 Å². The number of ether oxygens (including phenoxy) is 1. The van der Waals surface area contributed by atoms with Gasteiger partial charge in [-0.05, 0) is 25.8 Å². The van der Waals surface area contributed by atoms with Gasteiger partial charge >= 0.3 is 0 Å². The number of nitro groups is 1. The van der Waals surface area contributed by atoms with E-state index in [1.54, 1.807) is 0 Å². The van der Waals surface area contributed by atoms with Crippen molar-refractivity contribution in [3.63, 3.8) is 0 Å². The van der Waals surface area contributed by atoms with Crippen LogP contribution in [0.25, 0.3) is 0 Å². The van der Waals surface area contributed by atoms with Gasteiger partial charge in [0.1, 0.15) is 0 Å². The van der Waals surface area contributed by atoms with E-state index < -0.39 is 10.7 Å². The molecule has 0 saturated heterocycles. The van der Waals surface area contributed by atoms with Crippen molar-refractivity contribution in [1.82, 2.24) is 0 Å². The summed E-state index contributed by atoms with van der Waals surface area (Å²) < 4.78 is 18.7. The molecular weight excluding hydrogens is 239 g/mol. The molecule has 0 radical (unpaired) electrons. The van der Waals surface area contributed by atoms with Gasteiger partial charge in [-0.15, -0.1) is 0 Å².